The highest BCUT2D eigenvalue weighted by atomic mass is 16.6. The molecule has 0 unspecified atom stereocenters. The zero-order chi connectivity index (χ0) is 27.2. The number of amides is 1. The molecule has 1 amide bonds. The maximum Gasteiger partial charge on any atom is 0.412 e. The van der Waals surface area contributed by atoms with Crippen molar-refractivity contribution in [2.45, 2.75) is 33.0 Å². The summed E-state index contributed by atoms with van der Waals surface area (Å²) < 4.78 is 27.2. The molecule has 0 fully saturated rings. The number of methoxy groups -OCH3 is 2. The molecule has 200 valence electrons. The molecule has 2 aromatic rings. The first kappa shape index (κ1) is 29.4. The topological polar surface area (TPSA) is 113 Å². The minimum Gasteiger partial charge on any atom is -0.497 e. The fraction of sp³-hybridized carbons (Fsp3) is 0.357. The fourth-order valence-electron chi connectivity index (χ4n) is 3.56. The minimum absolute atomic E-state index is 0.104. The van der Waals surface area contributed by atoms with Crippen LogP contribution in [0.3, 0.4) is 0 Å². The molecule has 0 aliphatic heterocycles. The van der Waals surface area contributed by atoms with E-state index in [1.165, 1.54) is 13.2 Å². The Morgan fingerprint density at radius 1 is 0.973 bits per heavy atom. The van der Waals surface area contributed by atoms with E-state index in [-0.39, 0.29) is 19.8 Å². The van der Waals surface area contributed by atoms with Gasteiger partial charge in [0.15, 0.2) is 6.10 Å². The van der Waals surface area contributed by atoms with E-state index in [4.69, 9.17) is 28.8 Å². The van der Waals surface area contributed by atoms with Gasteiger partial charge in [-0.1, -0.05) is 18.2 Å². The summed E-state index contributed by atoms with van der Waals surface area (Å²) in [7, 11) is 3.08. The number of hydrogen-bond donors (Lipinski definition) is 2. The van der Waals surface area contributed by atoms with Gasteiger partial charge in [0, 0.05) is 18.9 Å². The average molecular weight is 514 g/mol. The molecule has 0 aromatic heterocycles. The van der Waals surface area contributed by atoms with E-state index in [1.807, 2.05) is 6.92 Å². The van der Waals surface area contributed by atoms with Gasteiger partial charge in [-0.25, -0.2) is 9.59 Å². The second-order valence-corrected chi connectivity index (χ2v) is 8.01. The lowest BCUT2D eigenvalue weighted by atomic mass is 9.97. The second-order valence-electron chi connectivity index (χ2n) is 8.01. The summed E-state index contributed by atoms with van der Waals surface area (Å²) in [4.78, 5) is 24.7. The summed E-state index contributed by atoms with van der Waals surface area (Å²) in [6.07, 6.45) is 0.989. The average Bonchev–Trinajstić information content (AvgIpc) is 2.88. The third kappa shape index (κ3) is 9.63. The molecule has 9 heteroatoms. The predicted octanol–water partition coefficient (Wildman–Crippen LogP) is 4.83. The molecule has 0 aliphatic rings. The fourth-order valence-corrected chi connectivity index (χ4v) is 3.56. The first-order chi connectivity index (χ1) is 17.8. The van der Waals surface area contributed by atoms with E-state index in [1.54, 1.807) is 75.6 Å². The van der Waals surface area contributed by atoms with Crippen LogP contribution in [0.2, 0.25) is 0 Å². The Morgan fingerprint density at radius 3 is 2.19 bits per heavy atom. The summed E-state index contributed by atoms with van der Waals surface area (Å²) in [5.74, 6) is 0.781. The number of aliphatic hydroxyl groups is 1. The van der Waals surface area contributed by atoms with Gasteiger partial charge in [-0.3, -0.25) is 5.32 Å². The Kier molecular flexibility index (Phi) is 12.2. The molecule has 0 saturated heterocycles. The minimum atomic E-state index is -0.832. The van der Waals surface area contributed by atoms with Crippen molar-refractivity contribution < 1.29 is 38.4 Å². The summed E-state index contributed by atoms with van der Waals surface area (Å²) >= 11 is 0. The number of aliphatic hydroxyl groups excluding tert-OH is 1. The standard InChI is InChI=1S/C28H35NO8/c1-6-35-25(31)18-19(2)17-20(3)26(34-5)27(21-7-11-24(12-8-21)36-16-15-30)37-28(32)29-22-9-13-23(33-4)14-10-22/h7-14,17-18,26-27,30H,6,15-16H2,1-5H3,(H,29,32)/b19-18+,20-17+/t26-,27-/m0/s1. The number of esters is 1. The first-order valence-electron chi connectivity index (χ1n) is 11.8. The van der Waals surface area contributed by atoms with Crippen molar-refractivity contribution in [2.24, 2.45) is 0 Å². The van der Waals surface area contributed by atoms with Crippen molar-refractivity contribution in [3.05, 3.63) is 77.4 Å². The van der Waals surface area contributed by atoms with Crippen molar-refractivity contribution >= 4 is 17.7 Å². The van der Waals surface area contributed by atoms with Crippen LogP contribution in [0.15, 0.2) is 71.8 Å². The Hall–Kier alpha value is -3.82. The van der Waals surface area contributed by atoms with Crippen molar-refractivity contribution in [2.75, 3.05) is 39.4 Å². The lowest BCUT2D eigenvalue weighted by molar-refractivity contribution is -0.137. The number of rotatable bonds is 13. The monoisotopic (exact) mass is 513 g/mol. The van der Waals surface area contributed by atoms with Crippen molar-refractivity contribution in [1.29, 1.82) is 0 Å². The molecule has 37 heavy (non-hydrogen) atoms. The van der Waals surface area contributed by atoms with Crippen molar-refractivity contribution in [1.82, 2.24) is 0 Å². The molecule has 2 atom stereocenters. The second kappa shape index (κ2) is 15.3. The van der Waals surface area contributed by atoms with Gasteiger partial charge < -0.3 is 28.8 Å². The van der Waals surface area contributed by atoms with Crippen LogP contribution >= 0.6 is 0 Å². The van der Waals surface area contributed by atoms with Crippen LogP contribution in [0, 0.1) is 0 Å². The lowest BCUT2D eigenvalue weighted by Gasteiger charge is -2.27. The Balaban J connectivity index is 2.33. The molecular formula is C28H35NO8. The molecule has 0 saturated carbocycles. The predicted molar refractivity (Wildman–Crippen MR) is 140 cm³/mol. The van der Waals surface area contributed by atoms with Gasteiger partial charge >= 0.3 is 12.1 Å². The van der Waals surface area contributed by atoms with E-state index < -0.39 is 24.3 Å². The first-order valence-corrected chi connectivity index (χ1v) is 11.8. The Morgan fingerprint density at radius 2 is 1.62 bits per heavy atom. The van der Waals surface area contributed by atoms with Crippen LogP contribution in [0.5, 0.6) is 11.5 Å². The molecule has 0 bridgehead atoms. The zero-order valence-corrected chi connectivity index (χ0v) is 21.9. The van der Waals surface area contributed by atoms with Gasteiger partial charge in [-0.15, -0.1) is 0 Å². The molecule has 2 rings (SSSR count). The molecule has 0 aliphatic carbocycles. The molecular weight excluding hydrogens is 478 g/mol. The number of anilines is 1. The molecule has 2 N–H and O–H groups in total. The molecule has 0 radical (unpaired) electrons. The normalized spacial score (nSPS) is 13.4. The third-order valence-corrected chi connectivity index (χ3v) is 5.20. The molecule has 0 heterocycles. The number of carbonyl (C=O) groups excluding carboxylic acids is 2. The van der Waals surface area contributed by atoms with Crippen molar-refractivity contribution in [3.8, 4) is 11.5 Å². The van der Waals surface area contributed by atoms with Gasteiger partial charge in [-0.05, 0) is 73.9 Å². The number of carbonyl (C=O) groups is 2. The third-order valence-electron chi connectivity index (χ3n) is 5.20. The van der Waals surface area contributed by atoms with E-state index >= 15 is 0 Å². The smallest absolute Gasteiger partial charge is 0.412 e. The van der Waals surface area contributed by atoms with Gasteiger partial charge in [0.2, 0.25) is 0 Å². The molecule has 9 nitrogen and oxygen atoms in total. The van der Waals surface area contributed by atoms with E-state index in [0.29, 0.717) is 28.3 Å². The summed E-state index contributed by atoms with van der Waals surface area (Å²) in [5, 5.41) is 11.7. The molecule has 2 aromatic carbocycles. The lowest BCUT2D eigenvalue weighted by Crippen LogP contribution is -2.29. The van der Waals surface area contributed by atoms with Crippen LogP contribution in [-0.4, -0.2) is 57.3 Å². The Labute approximate surface area is 217 Å². The summed E-state index contributed by atoms with van der Waals surface area (Å²) in [6.45, 7) is 5.68. The maximum atomic E-state index is 12.9. The summed E-state index contributed by atoms with van der Waals surface area (Å²) in [5.41, 5.74) is 2.58. The van der Waals surface area contributed by atoms with Crippen molar-refractivity contribution in [3.63, 3.8) is 0 Å². The van der Waals surface area contributed by atoms with Gasteiger partial charge in [-0.2, -0.15) is 0 Å². The highest BCUT2D eigenvalue weighted by Gasteiger charge is 2.29. The largest absolute Gasteiger partial charge is 0.497 e. The summed E-state index contributed by atoms with van der Waals surface area (Å²) in [6, 6.07) is 13.8. The van der Waals surface area contributed by atoms with E-state index in [9.17, 15) is 9.59 Å². The number of nitrogens with one attached hydrogen (secondary N) is 1. The highest BCUT2D eigenvalue weighted by molar-refractivity contribution is 5.85. The Bertz CT molecular complexity index is 1060. The zero-order valence-electron chi connectivity index (χ0n) is 21.9. The highest BCUT2D eigenvalue weighted by Crippen LogP contribution is 2.30. The molecule has 0 spiro atoms. The van der Waals surface area contributed by atoms with Gasteiger partial charge in [0.1, 0.15) is 24.2 Å². The van der Waals surface area contributed by atoms with Gasteiger partial charge in [0.25, 0.3) is 0 Å². The van der Waals surface area contributed by atoms with Crippen LogP contribution in [0.1, 0.15) is 32.4 Å². The van der Waals surface area contributed by atoms with Gasteiger partial charge in [0.05, 0.1) is 20.3 Å². The number of ether oxygens (including phenoxy) is 5. The quantitative estimate of drug-likeness (QED) is 0.223. The van der Waals surface area contributed by atoms with Crippen LogP contribution < -0.4 is 14.8 Å². The number of allylic oxidation sites excluding steroid dienone is 2. The SMILES string of the molecule is CCOC(=O)/C=C(C)/C=C(\C)[C@H](OC)[C@@H](OC(=O)Nc1ccc(OC)cc1)c1ccc(OCCO)cc1. The van der Waals surface area contributed by atoms with E-state index in [2.05, 4.69) is 5.32 Å². The van der Waals surface area contributed by atoms with Crippen LogP contribution in [0.4, 0.5) is 10.5 Å². The number of hydrogen-bond acceptors (Lipinski definition) is 8. The van der Waals surface area contributed by atoms with Crippen LogP contribution in [0.25, 0.3) is 0 Å². The van der Waals surface area contributed by atoms with Crippen LogP contribution in [-0.2, 0) is 19.0 Å². The number of benzene rings is 2. The maximum absolute atomic E-state index is 12.9. The van der Waals surface area contributed by atoms with E-state index in [0.717, 1.165) is 5.57 Å².